The zero-order chi connectivity index (χ0) is 20.4. The fourth-order valence-corrected chi connectivity index (χ4v) is 4.30. The summed E-state index contributed by atoms with van der Waals surface area (Å²) in [6, 6.07) is 12.8. The smallest absolute Gasteiger partial charge is 0.238 e. The first-order valence-corrected chi connectivity index (χ1v) is 11.2. The van der Waals surface area contributed by atoms with E-state index in [1.807, 2.05) is 36.5 Å². The third kappa shape index (κ3) is 4.16. The van der Waals surface area contributed by atoms with Gasteiger partial charge in [0, 0.05) is 18.6 Å². The first kappa shape index (κ1) is 19.5. The highest BCUT2D eigenvalue weighted by Gasteiger charge is 2.17. The Balaban J connectivity index is 1.90. The minimum Gasteiger partial charge on any atom is -0.497 e. The van der Waals surface area contributed by atoms with E-state index >= 15 is 0 Å². The molecule has 1 aliphatic rings. The Bertz CT molecular complexity index is 1280. The molecule has 0 spiro atoms. The second-order valence-corrected chi connectivity index (χ2v) is 8.82. The first-order valence-electron chi connectivity index (χ1n) is 9.64. The Morgan fingerprint density at radius 2 is 1.93 bits per heavy atom. The lowest BCUT2D eigenvalue weighted by atomic mass is 10.0. The summed E-state index contributed by atoms with van der Waals surface area (Å²) in [5.74, 6) is 0.778. The summed E-state index contributed by atoms with van der Waals surface area (Å²) >= 11 is 0. The van der Waals surface area contributed by atoms with Gasteiger partial charge in [0.25, 0.3) is 0 Å². The largest absolute Gasteiger partial charge is 0.497 e. The van der Waals surface area contributed by atoms with Crippen LogP contribution in [0.4, 0.5) is 0 Å². The maximum Gasteiger partial charge on any atom is 0.238 e. The van der Waals surface area contributed by atoms with Gasteiger partial charge in [-0.2, -0.15) is 4.24 Å². The van der Waals surface area contributed by atoms with Gasteiger partial charge in [-0.1, -0.05) is 12.1 Å². The monoisotopic (exact) mass is 410 g/mol. The highest BCUT2D eigenvalue weighted by atomic mass is 32.2. The molecule has 0 saturated heterocycles. The number of benzene rings is 2. The molecular formula is C22H24N3O3S+. The number of hydrogen-bond donors (Lipinski definition) is 1. The van der Waals surface area contributed by atoms with E-state index in [2.05, 4.69) is 15.3 Å². The number of ether oxygens (including phenoxy) is 1. The molecule has 0 fully saturated rings. The molecule has 0 unspecified atom stereocenters. The molecule has 0 amide bonds. The van der Waals surface area contributed by atoms with Gasteiger partial charge in [0.15, 0.2) is 5.71 Å². The van der Waals surface area contributed by atoms with Crippen LogP contribution in [0.1, 0.15) is 31.2 Å². The van der Waals surface area contributed by atoms with E-state index in [-0.39, 0.29) is 4.90 Å². The van der Waals surface area contributed by atoms with Gasteiger partial charge in [0.2, 0.25) is 20.9 Å². The lowest BCUT2D eigenvalue weighted by molar-refractivity contribution is -0.513. The average molecular weight is 411 g/mol. The maximum absolute atomic E-state index is 11.5. The molecule has 1 aromatic heterocycles. The SMILES string of the molecule is COc1ccc2c(c1)nc/c1[n+]2=C(Cc2ccc(S(N)(=O)=O)cc2)CCCC\C=1. The highest BCUT2D eigenvalue weighted by Crippen LogP contribution is 2.18. The van der Waals surface area contributed by atoms with Crippen LogP contribution in [-0.4, -0.2) is 20.5 Å². The summed E-state index contributed by atoms with van der Waals surface area (Å²) in [6.45, 7) is 0. The molecule has 150 valence electrons. The van der Waals surface area contributed by atoms with Crippen molar-refractivity contribution < 1.29 is 17.4 Å². The number of primary sulfonamides is 1. The van der Waals surface area contributed by atoms with E-state index in [4.69, 9.17) is 9.88 Å². The van der Waals surface area contributed by atoms with Crippen LogP contribution in [0.2, 0.25) is 0 Å². The summed E-state index contributed by atoms with van der Waals surface area (Å²) < 4.78 is 30.7. The second-order valence-electron chi connectivity index (χ2n) is 7.25. The molecule has 0 atom stereocenters. The van der Waals surface area contributed by atoms with Crippen LogP contribution in [-0.2, 0) is 16.4 Å². The third-order valence-corrected chi connectivity index (χ3v) is 6.20. The van der Waals surface area contributed by atoms with Crippen LogP contribution < -0.4 is 19.5 Å². The van der Waals surface area contributed by atoms with E-state index in [1.165, 1.54) is 5.71 Å². The summed E-state index contributed by atoms with van der Waals surface area (Å²) in [4.78, 5) is 4.76. The minimum absolute atomic E-state index is 0.132. The summed E-state index contributed by atoms with van der Waals surface area (Å²) in [7, 11) is -2.03. The van der Waals surface area contributed by atoms with Gasteiger partial charge in [-0.15, -0.1) is 0 Å². The molecule has 0 saturated carbocycles. The van der Waals surface area contributed by atoms with E-state index in [0.717, 1.165) is 59.8 Å². The van der Waals surface area contributed by atoms with E-state index in [1.54, 1.807) is 19.2 Å². The minimum atomic E-state index is -3.68. The number of hydrogen-bond acceptors (Lipinski definition) is 4. The fourth-order valence-electron chi connectivity index (χ4n) is 3.79. The van der Waals surface area contributed by atoms with Crippen molar-refractivity contribution in [3.8, 4) is 5.75 Å². The topological polar surface area (TPSA) is 88.2 Å². The van der Waals surface area contributed by atoms with Crippen molar-refractivity contribution >= 4 is 27.1 Å². The molecule has 1 aliphatic heterocycles. The number of rotatable bonds is 4. The van der Waals surface area contributed by atoms with Crippen molar-refractivity contribution in [1.82, 2.24) is 4.98 Å². The normalized spacial score (nSPS) is 15.8. The Morgan fingerprint density at radius 1 is 1.14 bits per heavy atom. The Morgan fingerprint density at radius 3 is 2.66 bits per heavy atom. The van der Waals surface area contributed by atoms with Crippen LogP contribution in [0, 0.1) is 5.71 Å². The summed E-state index contributed by atoms with van der Waals surface area (Å²) in [5.41, 5.74) is 4.23. The first-order chi connectivity index (χ1) is 14.0. The van der Waals surface area contributed by atoms with Crippen LogP contribution >= 0.6 is 0 Å². The van der Waals surface area contributed by atoms with Crippen molar-refractivity contribution in [2.24, 2.45) is 5.14 Å². The van der Waals surface area contributed by atoms with Crippen molar-refractivity contribution in [2.45, 2.75) is 37.0 Å². The van der Waals surface area contributed by atoms with Gasteiger partial charge in [-0.25, -0.2) is 18.5 Å². The number of methoxy groups -OCH3 is 1. The molecule has 2 aromatic carbocycles. The number of sulfonamides is 1. The van der Waals surface area contributed by atoms with E-state index < -0.39 is 10.0 Å². The molecule has 3 aromatic rings. The van der Waals surface area contributed by atoms with Crippen LogP contribution in [0.15, 0.2) is 53.6 Å². The Hall–Kier alpha value is -2.77. The van der Waals surface area contributed by atoms with Gasteiger partial charge >= 0.3 is 0 Å². The quantitative estimate of drug-likeness (QED) is 0.668. The molecule has 6 nitrogen and oxygen atoms in total. The Kier molecular flexibility index (Phi) is 5.34. The molecule has 0 radical (unpaired) electrons. The van der Waals surface area contributed by atoms with Gasteiger partial charge < -0.3 is 4.74 Å². The van der Waals surface area contributed by atoms with Gasteiger partial charge in [-0.3, -0.25) is 0 Å². The zero-order valence-electron chi connectivity index (χ0n) is 16.3. The van der Waals surface area contributed by atoms with Crippen LogP contribution in [0.5, 0.6) is 5.75 Å². The van der Waals surface area contributed by atoms with Crippen molar-refractivity contribution in [2.75, 3.05) is 7.11 Å². The molecule has 29 heavy (non-hydrogen) atoms. The highest BCUT2D eigenvalue weighted by molar-refractivity contribution is 7.89. The van der Waals surface area contributed by atoms with Crippen molar-refractivity contribution in [3.05, 3.63) is 65.3 Å². The summed E-state index contributed by atoms with van der Waals surface area (Å²) in [6.07, 6.45) is 9.11. The lowest BCUT2D eigenvalue weighted by Crippen LogP contribution is -2.42. The van der Waals surface area contributed by atoms with Crippen LogP contribution in [0.3, 0.4) is 0 Å². The molecule has 2 heterocycles. The third-order valence-electron chi connectivity index (χ3n) is 5.27. The maximum atomic E-state index is 11.5. The number of nitrogens with two attached hydrogens (primary N) is 1. The predicted octanol–water partition coefficient (Wildman–Crippen LogP) is 2.16. The van der Waals surface area contributed by atoms with E-state index in [0.29, 0.717) is 0 Å². The van der Waals surface area contributed by atoms with Crippen LogP contribution in [0.25, 0.3) is 17.1 Å². The fraction of sp³-hybridized carbons (Fsp3) is 0.273. The molecule has 2 N–H and O–H groups in total. The number of aromatic nitrogens is 2. The lowest BCUT2D eigenvalue weighted by Gasteiger charge is -2.07. The standard InChI is InChI=1S/C22H24N3O3S/c1-28-19-9-12-22-21(14-19)24-15-18-6-4-2-3-5-17(25(18)22)13-16-7-10-20(11-8-16)29(23,26)27/h6-12,14-15H,2-5,13H2,1H3,(H2,23,26,27)/q+1/b18-6-,25-17?. The second kappa shape index (κ2) is 7.93. The number of nitrogens with zero attached hydrogens (tertiary/aromatic N) is 2. The van der Waals surface area contributed by atoms with Gasteiger partial charge in [0.05, 0.1) is 24.6 Å². The molecular weight excluding hydrogens is 386 g/mol. The molecule has 0 bridgehead atoms. The number of fused-ring (bicyclic) bond motifs is 3. The molecule has 7 heteroatoms. The van der Waals surface area contributed by atoms with Crippen molar-refractivity contribution in [1.29, 1.82) is 0 Å². The van der Waals surface area contributed by atoms with Crippen molar-refractivity contribution in [3.63, 3.8) is 0 Å². The predicted molar refractivity (Wildman–Crippen MR) is 111 cm³/mol. The zero-order valence-corrected chi connectivity index (χ0v) is 17.2. The van der Waals surface area contributed by atoms with Gasteiger partial charge in [-0.05, 0) is 49.1 Å². The Labute approximate surface area is 170 Å². The summed E-state index contributed by atoms with van der Waals surface area (Å²) in [5, 5.41) is 6.30. The molecule has 4 rings (SSSR count). The van der Waals surface area contributed by atoms with Gasteiger partial charge in [0.1, 0.15) is 11.3 Å². The molecule has 0 aliphatic carbocycles. The van der Waals surface area contributed by atoms with E-state index in [9.17, 15) is 8.42 Å². The average Bonchev–Trinajstić information content (AvgIpc) is 2.70.